The first-order valence-corrected chi connectivity index (χ1v) is 12.4. The molecule has 0 spiro atoms. The van der Waals surface area contributed by atoms with Crippen LogP contribution in [0.3, 0.4) is 0 Å². The van der Waals surface area contributed by atoms with E-state index < -0.39 is 15.8 Å². The van der Waals surface area contributed by atoms with Gasteiger partial charge < -0.3 is 9.72 Å². The number of nitrogens with zero attached hydrogens (tertiary/aromatic N) is 1. The molecule has 4 rings (SSSR count). The van der Waals surface area contributed by atoms with E-state index in [4.69, 9.17) is 4.74 Å². The number of benzene rings is 2. The number of hydrogen-bond donors (Lipinski definition) is 1. The number of H-pyrrole nitrogens is 1. The van der Waals surface area contributed by atoms with Crippen LogP contribution in [0.4, 0.5) is 4.39 Å². The molecule has 1 aliphatic rings. The number of hydrogen-bond acceptors (Lipinski definition) is 4. The summed E-state index contributed by atoms with van der Waals surface area (Å²) in [5.41, 5.74) is 0.603. The number of ether oxygens (including phenoxy) is 1. The summed E-state index contributed by atoms with van der Waals surface area (Å²) in [5, 5.41) is 0.748. The van der Waals surface area contributed by atoms with Gasteiger partial charge in [-0.1, -0.05) is 31.4 Å². The van der Waals surface area contributed by atoms with Crippen LogP contribution < -0.4 is 10.3 Å². The van der Waals surface area contributed by atoms with E-state index in [1.165, 1.54) is 22.5 Å². The zero-order chi connectivity index (χ0) is 22.7. The molecule has 8 heteroatoms. The maximum absolute atomic E-state index is 14.5. The summed E-state index contributed by atoms with van der Waals surface area (Å²) in [6.45, 7) is 2.28. The molecule has 0 unspecified atom stereocenters. The van der Waals surface area contributed by atoms with Gasteiger partial charge >= 0.3 is 0 Å². The Labute approximate surface area is 187 Å². The summed E-state index contributed by atoms with van der Waals surface area (Å²) in [5.74, 6) is -0.122. The van der Waals surface area contributed by atoms with Gasteiger partial charge in [0.05, 0.1) is 6.61 Å². The highest BCUT2D eigenvalue weighted by Gasteiger charge is 2.34. The van der Waals surface area contributed by atoms with Gasteiger partial charge in [-0.3, -0.25) is 4.79 Å². The van der Waals surface area contributed by atoms with E-state index in [0.29, 0.717) is 36.3 Å². The summed E-state index contributed by atoms with van der Waals surface area (Å²) in [7, 11) is -4.14. The van der Waals surface area contributed by atoms with E-state index >= 15 is 0 Å². The fraction of sp³-hybridized carbons (Fsp3) is 0.375. The molecular formula is C24H27FN2O4S. The van der Waals surface area contributed by atoms with Gasteiger partial charge in [0.1, 0.15) is 16.5 Å². The van der Waals surface area contributed by atoms with Crippen LogP contribution >= 0.6 is 0 Å². The standard InChI is InChI=1S/C24H27FN2O4S/c1-2-31-20-12-13-22-17(15-20)14-18(24(28)26-22)16-27(19-8-4-3-5-9-19)32(29,30)23-11-7-6-10-21(23)25/h6-7,10-15,19H,2-5,8-9,16H2,1H3,(H,26,28). The normalized spacial score (nSPS) is 15.3. The number of aromatic nitrogens is 1. The number of fused-ring (bicyclic) bond motifs is 1. The molecule has 1 heterocycles. The van der Waals surface area contributed by atoms with E-state index in [-0.39, 0.29) is 23.0 Å². The van der Waals surface area contributed by atoms with E-state index in [1.54, 1.807) is 18.2 Å². The molecule has 0 saturated heterocycles. The molecule has 0 radical (unpaired) electrons. The van der Waals surface area contributed by atoms with Crippen LogP contribution in [0.15, 0.2) is 58.2 Å². The van der Waals surface area contributed by atoms with Crippen LogP contribution in [0.5, 0.6) is 5.75 Å². The van der Waals surface area contributed by atoms with E-state index in [1.807, 2.05) is 13.0 Å². The van der Waals surface area contributed by atoms with Gasteiger partial charge in [0.15, 0.2) is 0 Å². The van der Waals surface area contributed by atoms with Crippen molar-refractivity contribution in [3.05, 3.63) is 70.3 Å². The summed E-state index contributed by atoms with van der Waals surface area (Å²) < 4.78 is 48.4. The lowest BCUT2D eigenvalue weighted by atomic mass is 9.95. The lowest BCUT2D eigenvalue weighted by molar-refractivity contribution is 0.246. The topological polar surface area (TPSA) is 79.5 Å². The number of nitrogens with one attached hydrogen (secondary N) is 1. The largest absolute Gasteiger partial charge is 0.494 e. The zero-order valence-corrected chi connectivity index (χ0v) is 18.8. The first-order valence-electron chi connectivity index (χ1n) is 11.0. The van der Waals surface area contributed by atoms with E-state index in [0.717, 1.165) is 30.7 Å². The molecule has 3 aromatic rings. The average molecular weight is 459 g/mol. The molecule has 1 N–H and O–H groups in total. The monoisotopic (exact) mass is 458 g/mol. The lowest BCUT2D eigenvalue weighted by Crippen LogP contribution is -2.42. The van der Waals surface area contributed by atoms with Gasteiger partial charge in [-0.25, -0.2) is 12.8 Å². The molecule has 0 aliphatic heterocycles. The first kappa shape index (κ1) is 22.5. The Hall–Kier alpha value is -2.71. The molecule has 170 valence electrons. The molecule has 1 aromatic heterocycles. The Morgan fingerprint density at radius 1 is 1.09 bits per heavy atom. The van der Waals surface area contributed by atoms with Gasteiger partial charge in [0.2, 0.25) is 10.0 Å². The van der Waals surface area contributed by atoms with E-state index in [2.05, 4.69) is 4.98 Å². The summed E-state index contributed by atoms with van der Waals surface area (Å²) in [4.78, 5) is 15.3. The number of sulfonamides is 1. The number of rotatable bonds is 7. The minimum atomic E-state index is -4.14. The summed E-state index contributed by atoms with van der Waals surface area (Å²) >= 11 is 0. The van der Waals surface area contributed by atoms with Crippen LogP contribution in [0.25, 0.3) is 10.9 Å². The third kappa shape index (κ3) is 4.56. The Bertz CT molecular complexity index is 1270. The Morgan fingerprint density at radius 3 is 2.56 bits per heavy atom. The third-order valence-electron chi connectivity index (χ3n) is 5.94. The minimum absolute atomic E-state index is 0.120. The second-order valence-electron chi connectivity index (χ2n) is 8.08. The van der Waals surface area contributed by atoms with Crippen molar-refractivity contribution < 1.29 is 17.5 Å². The van der Waals surface area contributed by atoms with Gasteiger partial charge in [-0.05, 0) is 56.2 Å². The molecule has 2 aromatic carbocycles. The van der Waals surface area contributed by atoms with E-state index in [9.17, 15) is 17.6 Å². The second kappa shape index (κ2) is 9.42. The second-order valence-corrected chi connectivity index (χ2v) is 9.94. The van der Waals surface area contributed by atoms with Crippen LogP contribution in [-0.2, 0) is 16.6 Å². The third-order valence-corrected chi connectivity index (χ3v) is 7.87. The predicted octanol–water partition coefficient (Wildman–Crippen LogP) is 4.59. The average Bonchev–Trinajstić information content (AvgIpc) is 2.78. The highest BCUT2D eigenvalue weighted by molar-refractivity contribution is 7.89. The first-order chi connectivity index (χ1) is 15.4. The fourth-order valence-electron chi connectivity index (χ4n) is 4.33. The van der Waals surface area contributed by atoms with Crippen molar-refractivity contribution in [3.63, 3.8) is 0 Å². The predicted molar refractivity (Wildman–Crippen MR) is 122 cm³/mol. The maximum Gasteiger partial charge on any atom is 0.252 e. The SMILES string of the molecule is CCOc1ccc2[nH]c(=O)c(CN(C3CCCCC3)S(=O)(=O)c3ccccc3F)cc2c1. The number of pyridine rings is 1. The van der Waals surface area contributed by atoms with Gasteiger partial charge in [0.25, 0.3) is 5.56 Å². The fourth-order valence-corrected chi connectivity index (χ4v) is 6.06. The Morgan fingerprint density at radius 2 is 1.84 bits per heavy atom. The van der Waals surface area contributed by atoms with Crippen LogP contribution in [0, 0.1) is 5.82 Å². The molecular weight excluding hydrogens is 431 g/mol. The Kier molecular flexibility index (Phi) is 6.62. The van der Waals surface area contributed by atoms with Crippen molar-refractivity contribution in [1.82, 2.24) is 9.29 Å². The number of halogens is 1. The lowest BCUT2D eigenvalue weighted by Gasteiger charge is -2.33. The van der Waals surface area contributed by atoms with Gasteiger partial charge in [0, 0.05) is 29.1 Å². The van der Waals surface area contributed by atoms with Gasteiger partial charge in [-0.2, -0.15) is 4.31 Å². The van der Waals surface area contributed by atoms with Crippen molar-refractivity contribution in [2.45, 2.75) is 56.5 Å². The summed E-state index contributed by atoms with van der Waals surface area (Å²) in [6.07, 6.45) is 4.22. The van der Waals surface area contributed by atoms with Crippen molar-refractivity contribution in [1.29, 1.82) is 0 Å². The zero-order valence-electron chi connectivity index (χ0n) is 18.0. The highest BCUT2D eigenvalue weighted by atomic mass is 32.2. The molecule has 6 nitrogen and oxygen atoms in total. The van der Waals surface area contributed by atoms with Crippen LogP contribution in [-0.4, -0.2) is 30.4 Å². The van der Waals surface area contributed by atoms with Crippen molar-refractivity contribution >= 4 is 20.9 Å². The molecule has 1 aliphatic carbocycles. The summed E-state index contributed by atoms with van der Waals surface area (Å²) in [6, 6.07) is 12.2. The highest BCUT2D eigenvalue weighted by Crippen LogP contribution is 2.30. The number of aromatic amines is 1. The van der Waals surface area contributed by atoms with Crippen LogP contribution in [0.2, 0.25) is 0 Å². The van der Waals surface area contributed by atoms with Crippen molar-refractivity contribution in [3.8, 4) is 5.75 Å². The molecule has 1 fully saturated rings. The molecule has 0 amide bonds. The smallest absolute Gasteiger partial charge is 0.252 e. The quantitative estimate of drug-likeness (QED) is 0.562. The van der Waals surface area contributed by atoms with Crippen molar-refractivity contribution in [2.24, 2.45) is 0 Å². The molecule has 0 atom stereocenters. The Balaban J connectivity index is 1.77. The molecule has 1 saturated carbocycles. The molecule has 0 bridgehead atoms. The minimum Gasteiger partial charge on any atom is -0.494 e. The van der Waals surface area contributed by atoms with Crippen molar-refractivity contribution in [2.75, 3.05) is 6.61 Å². The molecule has 32 heavy (non-hydrogen) atoms. The van der Waals surface area contributed by atoms with Crippen LogP contribution in [0.1, 0.15) is 44.6 Å². The van der Waals surface area contributed by atoms with Gasteiger partial charge in [-0.15, -0.1) is 0 Å². The maximum atomic E-state index is 14.5.